The van der Waals surface area contributed by atoms with Gasteiger partial charge >= 0.3 is 11.8 Å². The minimum Gasteiger partial charge on any atom is -0.345 e. The number of rotatable bonds is 4. The van der Waals surface area contributed by atoms with Crippen molar-refractivity contribution in [2.45, 2.75) is 31.7 Å². The highest BCUT2D eigenvalue weighted by Gasteiger charge is 2.31. The van der Waals surface area contributed by atoms with Gasteiger partial charge in [0.25, 0.3) is 0 Å². The Kier molecular flexibility index (Phi) is 5.08. The standard InChI is InChI=1S/C17H22N4O3/c22-15(6-3-13-2-1-7-18-12-13)20-8-10-21(11-9-20)17(24)16(23)19-14-4-5-14/h1-2,7,12,14H,3-6,8-11H2,(H,19,23). The highest BCUT2D eigenvalue weighted by atomic mass is 16.2. The molecule has 3 rings (SSSR count). The molecule has 24 heavy (non-hydrogen) atoms. The summed E-state index contributed by atoms with van der Waals surface area (Å²) in [4.78, 5) is 43.4. The van der Waals surface area contributed by atoms with E-state index in [-0.39, 0.29) is 11.9 Å². The largest absolute Gasteiger partial charge is 0.345 e. The van der Waals surface area contributed by atoms with Gasteiger partial charge in [0, 0.05) is 51.0 Å². The molecule has 7 nitrogen and oxygen atoms in total. The molecule has 1 aromatic rings. The van der Waals surface area contributed by atoms with Crippen molar-refractivity contribution < 1.29 is 14.4 Å². The lowest BCUT2D eigenvalue weighted by atomic mass is 10.1. The van der Waals surface area contributed by atoms with Gasteiger partial charge in [-0.3, -0.25) is 19.4 Å². The first-order chi connectivity index (χ1) is 11.6. The Morgan fingerprint density at radius 1 is 1.12 bits per heavy atom. The monoisotopic (exact) mass is 330 g/mol. The van der Waals surface area contributed by atoms with E-state index in [1.807, 2.05) is 12.1 Å². The summed E-state index contributed by atoms with van der Waals surface area (Å²) in [5, 5.41) is 2.71. The van der Waals surface area contributed by atoms with E-state index in [0.717, 1.165) is 18.4 Å². The first-order valence-electron chi connectivity index (χ1n) is 8.40. The molecule has 0 radical (unpaired) electrons. The Labute approximate surface area is 141 Å². The molecule has 1 aliphatic heterocycles. The van der Waals surface area contributed by atoms with Crippen LogP contribution in [-0.4, -0.2) is 64.7 Å². The molecule has 0 spiro atoms. The van der Waals surface area contributed by atoms with E-state index in [0.29, 0.717) is 39.0 Å². The van der Waals surface area contributed by atoms with Gasteiger partial charge in [-0.2, -0.15) is 0 Å². The van der Waals surface area contributed by atoms with Gasteiger partial charge in [0.2, 0.25) is 5.91 Å². The third-order valence-electron chi connectivity index (χ3n) is 4.38. The molecule has 0 atom stereocenters. The van der Waals surface area contributed by atoms with Gasteiger partial charge in [-0.25, -0.2) is 0 Å². The number of carbonyl (C=O) groups is 3. The summed E-state index contributed by atoms with van der Waals surface area (Å²) in [6.07, 6.45) is 6.48. The normalized spacial score (nSPS) is 17.5. The third-order valence-corrected chi connectivity index (χ3v) is 4.38. The summed E-state index contributed by atoms with van der Waals surface area (Å²) in [6.45, 7) is 1.79. The lowest BCUT2D eigenvalue weighted by Crippen LogP contribution is -2.54. The predicted octanol–water partition coefficient (Wildman–Crippen LogP) is -0.0364. The highest BCUT2D eigenvalue weighted by Crippen LogP contribution is 2.18. The summed E-state index contributed by atoms with van der Waals surface area (Å²) in [5.41, 5.74) is 1.04. The summed E-state index contributed by atoms with van der Waals surface area (Å²) in [7, 11) is 0. The molecule has 0 bridgehead atoms. The maximum absolute atomic E-state index is 12.3. The summed E-state index contributed by atoms with van der Waals surface area (Å²) in [6, 6.07) is 3.99. The van der Waals surface area contributed by atoms with Crippen LogP contribution in [0, 0.1) is 0 Å². The number of amides is 3. The van der Waals surface area contributed by atoms with Crippen LogP contribution < -0.4 is 5.32 Å². The molecule has 0 unspecified atom stereocenters. The Morgan fingerprint density at radius 3 is 2.46 bits per heavy atom. The van der Waals surface area contributed by atoms with Gasteiger partial charge in [-0.05, 0) is 30.9 Å². The average Bonchev–Trinajstić information content (AvgIpc) is 3.44. The maximum atomic E-state index is 12.3. The first kappa shape index (κ1) is 16.4. The lowest BCUT2D eigenvalue weighted by molar-refractivity contribution is -0.148. The Bertz CT molecular complexity index is 608. The van der Waals surface area contributed by atoms with Gasteiger partial charge < -0.3 is 15.1 Å². The van der Waals surface area contributed by atoms with Crippen LogP contribution in [0.4, 0.5) is 0 Å². The fourth-order valence-electron chi connectivity index (χ4n) is 2.73. The van der Waals surface area contributed by atoms with Crippen molar-refractivity contribution in [3.8, 4) is 0 Å². The van der Waals surface area contributed by atoms with E-state index in [1.165, 1.54) is 4.90 Å². The molecule has 7 heteroatoms. The number of aryl methyl sites for hydroxylation is 1. The zero-order valence-corrected chi connectivity index (χ0v) is 13.6. The number of aromatic nitrogens is 1. The summed E-state index contributed by atoms with van der Waals surface area (Å²) < 4.78 is 0. The lowest BCUT2D eigenvalue weighted by Gasteiger charge is -2.34. The fraction of sp³-hybridized carbons (Fsp3) is 0.529. The van der Waals surface area contributed by atoms with Crippen molar-refractivity contribution >= 4 is 17.7 Å². The van der Waals surface area contributed by atoms with Crippen molar-refractivity contribution in [1.82, 2.24) is 20.1 Å². The molecule has 1 aliphatic carbocycles. The molecule has 1 aromatic heterocycles. The molecule has 3 amide bonds. The smallest absolute Gasteiger partial charge is 0.312 e. The van der Waals surface area contributed by atoms with Gasteiger partial charge in [0.15, 0.2) is 0 Å². The Balaban J connectivity index is 1.41. The topological polar surface area (TPSA) is 82.6 Å². The molecular weight excluding hydrogens is 308 g/mol. The van der Waals surface area contributed by atoms with Gasteiger partial charge in [-0.1, -0.05) is 6.07 Å². The molecule has 128 valence electrons. The maximum Gasteiger partial charge on any atom is 0.312 e. The number of hydrogen-bond donors (Lipinski definition) is 1. The van der Waals surface area contributed by atoms with E-state index in [4.69, 9.17) is 0 Å². The number of pyridine rings is 1. The van der Waals surface area contributed by atoms with Crippen LogP contribution in [-0.2, 0) is 20.8 Å². The van der Waals surface area contributed by atoms with Crippen LogP contribution in [0.15, 0.2) is 24.5 Å². The Hall–Kier alpha value is -2.44. The van der Waals surface area contributed by atoms with Crippen LogP contribution in [0.2, 0.25) is 0 Å². The Morgan fingerprint density at radius 2 is 1.83 bits per heavy atom. The van der Waals surface area contributed by atoms with Crippen LogP contribution in [0.5, 0.6) is 0 Å². The van der Waals surface area contributed by atoms with Gasteiger partial charge in [0.05, 0.1) is 0 Å². The molecule has 1 saturated heterocycles. The SMILES string of the molecule is O=C(NC1CC1)C(=O)N1CCN(C(=O)CCc2cccnc2)CC1. The van der Waals surface area contributed by atoms with E-state index in [9.17, 15) is 14.4 Å². The number of hydrogen-bond acceptors (Lipinski definition) is 4. The second-order valence-corrected chi connectivity index (χ2v) is 6.28. The van der Waals surface area contributed by atoms with E-state index >= 15 is 0 Å². The van der Waals surface area contributed by atoms with Crippen molar-refractivity contribution in [3.63, 3.8) is 0 Å². The second kappa shape index (κ2) is 7.42. The van der Waals surface area contributed by atoms with E-state index in [1.54, 1.807) is 17.3 Å². The van der Waals surface area contributed by atoms with Crippen LogP contribution in [0.25, 0.3) is 0 Å². The van der Waals surface area contributed by atoms with Gasteiger partial charge in [-0.15, -0.1) is 0 Å². The first-order valence-corrected chi connectivity index (χ1v) is 8.40. The average molecular weight is 330 g/mol. The summed E-state index contributed by atoms with van der Waals surface area (Å²) in [5.74, 6) is -0.924. The van der Waals surface area contributed by atoms with Gasteiger partial charge in [0.1, 0.15) is 0 Å². The number of carbonyl (C=O) groups excluding carboxylic acids is 3. The quantitative estimate of drug-likeness (QED) is 0.786. The van der Waals surface area contributed by atoms with Crippen molar-refractivity contribution in [1.29, 1.82) is 0 Å². The van der Waals surface area contributed by atoms with E-state index in [2.05, 4.69) is 10.3 Å². The number of nitrogens with one attached hydrogen (secondary N) is 1. The fourth-order valence-corrected chi connectivity index (χ4v) is 2.73. The third kappa shape index (κ3) is 4.31. The second-order valence-electron chi connectivity index (χ2n) is 6.28. The minimum absolute atomic E-state index is 0.0772. The van der Waals surface area contributed by atoms with Crippen molar-refractivity contribution in [2.24, 2.45) is 0 Å². The minimum atomic E-state index is -0.520. The molecule has 2 aliphatic rings. The summed E-state index contributed by atoms with van der Waals surface area (Å²) >= 11 is 0. The molecule has 0 aromatic carbocycles. The zero-order valence-electron chi connectivity index (χ0n) is 13.6. The van der Waals surface area contributed by atoms with Crippen LogP contribution in [0.1, 0.15) is 24.8 Å². The van der Waals surface area contributed by atoms with Crippen molar-refractivity contribution in [2.75, 3.05) is 26.2 Å². The molecule has 1 saturated carbocycles. The predicted molar refractivity (Wildman–Crippen MR) is 86.9 cm³/mol. The molecule has 1 N–H and O–H groups in total. The zero-order chi connectivity index (χ0) is 16.9. The highest BCUT2D eigenvalue weighted by molar-refractivity contribution is 6.35. The van der Waals surface area contributed by atoms with Crippen molar-refractivity contribution in [3.05, 3.63) is 30.1 Å². The number of nitrogens with zero attached hydrogens (tertiary/aromatic N) is 3. The molecule has 2 fully saturated rings. The van der Waals surface area contributed by atoms with Crippen LogP contribution >= 0.6 is 0 Å². The van der Waals surface area contributed by atoms with Crippen LogP contribution in [0.3, 0.4) is 0 Å². The molecule has 2 heterocycles. The van der Waals surface area contributed by atoms with E-state index < -0.39 is 11.8 Å². The molecular formula is C17H22N4O3. The number of piperazine rings is 1.